The summed E-state index contributed by atoms with van der Waals surface area (Å²) in [4.78, 5) is 2.40. The van der Waals surface area contributed by atoms with Gasteiger partial charge < -0.3 is 9.47 Å². The van der Waals surface area contributed by atoms with Crippen LogP contribution in [-0.4, -0.2) is 4.57 Å². The number of benzene rings is 10. The van der Waals surface area contributed by atoms with Crippen LogP contribution in [0.2, 0.25) is 0 Å². The monoisotopic (exact) mass is 740 g/mol. The van der Waals surface area contributed by atoms with Gasteiger partial charge in [-0.25, -0.2) is 0 Å². The van der Waals surface area contributed by atoms with Gasteiger partial charge in [-0.15, -0.1) is 0 Å². The Morgan fingerprint density at radius 2 is 1.05 bits per heavy atom. The van der Waals surface area contributed by atoms with E-state index in [2.05, 4.69) is 218 Å². The van der Waals surface area contributed by atoms with E-state index in [0.717, 1.165) is 22.7 Å². The first-order chi connectivity index (χ1) is 28.4. The lowest BCUT2D eigenvalue weighted by molar-refractivity contribution is 0.660. The maximum Gasteiger partial charge on any atom is 0.0553 e. The molecule has 1 aromatic heterocycles. The zero-order valence-corrected chi connectivity index (χ0v) is 32.8. The van der Waals surface area contributed by atoms with Crippen LogP contribution in [-0.2, 0) is 5.41 Å². The molecule has 1 heterocycles. The molecule has 1 aliphatic carbocycles. The molecule has 12 rings (SSSR count). The highest BCUT2D eigenvalue weighted by molar-refractivity contribution is 6.33. The largest absolute Gasteiger partial charge is 0.310 e. The standard InChI is InChI=1S/C56H40N2/c1-35-16-24-42(25-17-35)57(44-28-31-46-45-14-7-8-15-49(45)56(2,3)50(46)34-44)43-26-20-36(21-27-43)39-23-29-47-51(32-39)58(41-12-5-4-6-13-41)52-33-40-19-18-37-10-9-11-38-22-30-48(55(47)52)54(40)53(37)38/h4-34H,1-3H3. The molecule has 0 atom stereocenters. The predicted molar refractivity (Wildman–Crippen MR) is 247 cm³/mol. The fraction of sp³-hybridized carbons (Fsp3) is 0.0714. The molecule has 0 bridgehead atoms. The molecule has 0 amide bonds. The van der Waals surface area contributed by atoms with E-state index in [-0.39, 0.29) is 5.41 Å². The van der Waals surface area contributed by atoms with Crippen molar-refractivity contribution in [1.82, 2.24) is 4.57 Å². The van der Waals surface area contributed by atoms with Crippen LogP contribution in [0.5, 0.6) is 0 Å². The minimum absolute atomic E-state index is 0.0803. The highest BCUT2D eigenvalue weighted by atomic mass is 15.1. The number of para-hydroxylation sites is 1. The first kappa shape index (κ1) is 33.0. The summed E-state index contributed by atoms with van der Waals surface area (Å²) in [5.41, 5.74) is 16.0. The Balaban J connectivity index is 1.01. The summed E-state index contributed by atoms with van der Waals surface area (Å²) < 4.78 is 2.46. The fourth-order valence-corrected chi connectivity index (χ4v) is 10.1. The van der Waals surface area contributed by atoms with Gasteiger partial charge in [0.25, 0.3) is 0 Å². The molecule has 274 valence electrons. The van der Waals surface area contributed by atoms with Crippen molar-refractivity contribution >= 4 is 71.2 Å². The molecule has 1 aliphatic rings. The minimum Gasteiger partial charge on any atom is -0.310 e. The van der Waals surface area contributed by atoms with Crippen LogP contribution in [0.3, 0.4) is 0 Å². The SMILES string of the molecule is Cc1ccc(N(c2ccc(-c3ccc4c5c6ccc7cccc8ccc(cc5n(-c5ccccc5)c4c3)c6c87)cc2)c2ccc3c(c2)C(C)(C)c2ccccc2-3)cc1. The van der Waals surface area contributed by atoms with Gasteiger partial charge in [0.05, 0.1) is 11.0 Å². The van der Waals surface area contributed by atoms with Gasteiger partial charge in [-0.05, 0) is 133 Å². The zero-order valence-electron chi connectivity index (χ0n) is 32.8. The summed E-state index contributed by atoms with van der Waals surface area (Å²) in [6, 6.07) is 70.1. The molecule has 0 N–H and O–H groups in total. The van der Waals surface area contributed by atoms with Crippen LogP contribution in [0, 0.1) is 6.92 Å². The van der Waals surface area contributed by atoms with Crippen molar-refractivity contribution in [3.05, 3.63) is 205 Å². The molecule has 11 aromatic rings. The lowest BCUT2D eigenvalue weighted by atomic mass is 9.82. The first-order valence-corrected chi connectivity index (χ1v) is 20.3. The van der Waals surface area contributed by atoms with Crippen LogP contribution < -0.4 is 4.90 Å². The number of hydrogen-bond acceptors (Lipinski definition) is 1. The van der Waals surface area contributed by atoms with Gasteiger partial charge in [0.1, 0.15) is 0 Å². The summed E-state index contributed by atoms with van der Waals surface area (Å²) in [7, 11) is 0. The van der Waals surface area contributed by atoms with Crippen molar-refractivity contribution in [1.29, 1.82) is 0 Å². The number of rotatable bonds is 5. The second-order valence-corrected chi connectivity index (χ2v) is 16.6. The molecule has 0 spiro atoms. The minimum atomic E-state index is -0.0803. The van der Waals surface area contributed by atoms with E-state index in [1.54, 1.807) is 0 Å². The molecule has 58 heavy (non-hydrogen) atoms. The van der Waals surface area contributed by atoms with E-state index in [0.29, 0.717) is 0 Å². The summed E-state index contributed by atoms with van der Waals surface area (Å²) in [5.74, 6) is 0. The van der Waals surface area contributed by atoms with E-state index in [1.807, 2.05) is 0 Å². The van der Waals surface area contributed by atoms with E-state index >= 15 is 0 Å². The molecule has 0 radical (unpaired) electrons. The summed E-state index contributed by atoms with van der Waals surface area (Å²) in [6.07, 6.45) is 0. The maximum atomic E-state index is 2.46. The number of anilines is 3. The normalized spacial score (nSPS) is 13.2. The van der Waals surface area contributed by atoms with E-state index in [4.69, 9.17) is 0 Å². The average Bonchev–Trinajstić information content (AvgIpc) is 3.71. The Morgan fingerprint density at radius 1 is 0.414 bits per heavy atom. The van der Waals surface area contributed by atoms with Crippen molar-refractivity contribution in [2.45, 2.75) is 26.2 Å². The van der Waals surface area contributed by atoms with Crippen molar-refractivity contribution in [2.24, 2.45) is 0 Å². The van der Waals surface area contributed by atoms with Gasteiger partial charge in [0.2, 0.25) is 0 Å². The van der Waals surface area contributed by atoms with Gasteiger partial charge in [0, 0.05) is 38.9 Å². The van der Waals surface area contributed by atoms with Crippen molar-refractivity contribution in [3.63, 3.8) is 0 Å². The highest BCUT2D eigenvalue weighted by Gasteiger charge is 2.35. The maximum absolute atomic E-state index is 2.46. The van der Waals surface area contributed by atoms with Crippen LogP contribution in [0.4, 0.5) is 17.1 Å². The van der Waals surface area contributed by atoms with Gasteiger partial charge >= 0.3 is 0 Å². The predicted octanol–water partition coefficient (Wildman–Crippen LogP) is 15.4. The highest BCUT2D eigenvalue weighted by Crippen LogP contribution is 2.51. The summed E-state index contributed by atoms with van der Waals surface area (Å²) in [5, 5.41) is 10.4. The lowest BCUT2D eigenvalue weighted by Crippen LogP contribution is -2.16. The lowest BCUT2D eigenvalue weighted by Gasteiger charge is -2.28. The molecule has 2 nitrogen and oxygen atoms in total. The number of fused-ring (bicyclic) bond motifs is 7. The Hall–Kier alpha value is -7.16. The molecule has 0 saturated heterocycles. The van der Waals surface area contributed by atoms with Crippen molar-refractivity contribution in [3.8, 4) is 27.9 Å². The Labute approximate surface area is 338 Å². The van der Waals surface area contributed by atoms with Crippen LogP contribution >= 0.6 is 0 Å². The summed E-state index contributed by atoms with van der Waals surface area (Å²) in [6.45, 7) is 6.86. The molecule has 0 aliphatic heterocycles. The topological polar surface area (TPSA) is 8.17 Å². The number of nitrogens with zero attached hydrogens (tertiary/aromatic N) is 2. The molecule has 10 aromatic carbocycles. The molecular formula is C56H40N2. The summed E-state index contributed by atoms with van der Waals surface area (Å²) >= 11 is 0. The second-order valence-electron chi connectivity index (χ2n) is 16.6. The number of aryl methyl sites for hydroxylation is 1. The van der Waals surface area contributed by atoms with Gasteiger partial charge in [-0.1, -0.05) is 147 Å². The number of hydrogen-bond donors (Lipinski definition) is 0. The third-order valence-electron chi connectivity index (χ3n) is 13.0. The van der Waals surface area contributed by atoms with E-state index < -0.39 is 0 Å². The Bertz CT molecular complexity index is 3390. The fourth-order valence-electron chi connectivity index (χ4n) is 10.1. The van der Waals surface area contributed by atoms with Gasteiger partial charge in [-0.2, -0.15) is 0 Å². The van der Waals surface area contributed by atoms with E-state index in [9.17, 15) is 0 Å². The Kier molecular flexibility index (Phi) is 6.93. The van der Waals surface area contributed by atoms with Crippen LogP contribution in [0.1, 0.15) is 30.5 Å². The van der Waals surface area contributed by atoms with Crippen molar-refractivity contribution < 1.29 is 0 Å². The van der Waals surface area contributed by atoms with Crippen LogP contribution in [0.25, 0.3) is 82.1 Å². The zero-order chi connectivity index (χ0) is 38.7. The Morgan fingerprint density at radius 3 is 1.84 bits per heavy atom. The molecule has 2 heteroatoms. The molecule has 0 unspecified atom stereocenters. The molecule has 0 fully saturated rings. The number of aromatic nitrogens is 1. The van der Waals surface area contributed by atoms with Gasteiger partial charge in [-0.3, -0.25) is 0 Å². The van der Waals surface area contributed by atoms with Gasteiger partial charge in [0.15, 0.2) is 0 Å². The van der Waals surface area contributed by atoms with E-state index in [1.165, 1.54) is 93.1 Å². The van der Waals surface area contributed by atoms with Crippen molar-refractivity contribution in [2.75, 3.05) is 4.90 Å². The average molecular weight is 741 g/mol. The first-order valence-electron chi connectivity index (χ1n) is 20.3. The second kappa shape index (κ2) is 12.2. The quantitative estimate of drug-likeness (QED) is 0.160. The molecular weight excluding hydrogens is 701 g/mol. The van der Waals surface area contributed by atoms with Crippen LogP contribution in [0.15, 0.2) is 188 Å². The molecule has 0 saturated carbocycles. The smallest absolute Gasteiger partial charge is 0.0553 e. The third-order valence-corrected chi connectivity index (χ3v) is 13.0. The third kappa shape index (κ3) is 4.72.